The van der Waals surface area contributed by atoms with E-state index in [1.165, 1.54) is 12.2 Å². The lowest BCUT2D eigenvalue weighted by Gasteiger charge is -2.03. The fourth-order valence-electron chi connectivity index (χ4n) is 2.57. The van der Waals surface area contributed by atoms with Crippen molar-refractivity contribution in [3.63, 3.8) is 0 Å². The predicted molar refractivity (Wildman–Crippen MR) is 213 cm³/mol. The van der Waals surface area contributed by atoms with E-state index >= 15 is 0 Å². The molecule has 10 N–H and O–H groups in total. The van der Waals surface area contributed by atoms with Crippen molar-refractivity contribution >= 4 is 29.5 Å². The van der Waals surface area contributed by atoms with E-state index in [0.717, 1.165) is 52.2 Å². The van der Waals surface area contributed by atoms with Gasteiger partial charge in [0.15, 0.2) is 0 Å². The summed E-state index contributed by atoms with van der Waals surface area (Å²) in [5.74, 6) is -0.428. The van der Waals surface area contributed by atoms with Crippen LogP contribution in [0.1, 0.15) is 41.0 Å². The minimum Gasteiger partial charge on any atom is -0.352 e. The van der Waals surface area contributed by atoms with Crippen molar-refractivity contribution in [1.82, 2.24) is 53.2 Å². The first-order chi connectivity index (χ1) is 24.2. The van der Waals surface area contributed by atoms with E-state index in [4.69, 9.17) is 0 Å². The van der Waals surface area contributed by atoms with Crippen LogP contribution >= 0.6 is 0 Å². The van der Waals surface area contributed by atoms with Crippen LogP contribution in [-0.2, 0) is 24.0 Å². The molecule has 0 fully saturated rings. The third-order valence-corrected chi connectivity index (χ3v) is 5.45. The van der Waals surface area contributed by atoms with Crippen LogP contribution in [0.3, 0.4) is 0 Å². The molecular formula is C36H72N10O5. The number of likely N-dealkylation sites (N-methyl/N-ethyl adjacent to an activating group) is 4. The number of hydrogen-bond donors (Lipinski definition) is 10. The maximum Gasteiger partial charge on any atom is 0.246 e. The maximum absolute atomic E-state index is 10.9. The van der Waals surface area contributed by atoms with E-state index in [0.29, 0.717) is 49.4 Å². The Hall–Kier alpha value is -4.15. The standard InChI is InChI=1S/2C8H16N2O.2C7H14N2O.C6H12N2O/c1-7(2)8(11)10-6-4-5-9-3;1-4-9-5-6-10-8(11)7(2)3;1-6(2)7(10)9-5-4-8-3;1-3-7(10)9-6-5-8-4-2;1-3-6(9)8-5-4-7-2/h9H,1,4-6H2,2-3H3,(H,10,11);9H,2,4-6H2,1,3H3,(H,10,11);8H,1,4-5H2,2-3H3,(H,9,10);3,8H,1,4-6H2,2H3,(H,9,10);3,7H,1,4-5H2,2H3,(H,8,9). The van der Waals surface area contributed by atoms with E-state index < -0.39 is 0 Å². The average Bonchev–Trinajstić information content (AvgIpc) is 3.11. The van der Waals surface area contributed by atoms with Crippen molar-refractivity contribution in [2.45, 2.75) is 41.0 Å². The Kier molecular flexibility index (Phi) is 50.6. The lowest BCUT2D eigenvalue weighted by Crippen LogP contribution is -2.31. The molecule has 0 rings (SSSR count). The number of rotatable bonds is 23. The lowest BCUT2D eigenvalue weighted by atomic mass is 10.3. The molecule has 15 nitrogen and oxygen atoms in total. The van der Waals surface area contributed by atoms with E-state index in [-0.39, 0.29) is 29.5 Å². The molecule has 0 aromatic heterocycles. The van der Waals surface area contributed by atoms with E-state index in [1.807, 2.05) is 35.0 Å². The van der Waals surface area contributed by atoms with Gasteiger partial charge in [-0.15, -0.1) is 0 Å². The number of hydrogen-bond acceptors (Lipinski definition) is 10. The van der Waals surface area contributed by atoms with Gasteiger partial charge in [0.25, 0.3) is 0 Å². The Bertz CT molecular complexity index is 951. The Labute approximate surface area is 308 Å². The molecule has 0 aromatic rings. The molecule has 0 unspecified atom stereocenters. The number of carbonyl (C=O) groups is 5. The third kappa shape index (κ3) is 55.5. The Morgan fingerprint density at radius 1 is 0.451 bits per heavy atom. The first-order valence-electron chi connectivity index (χ1n) is 17.1. The molecule has 0 spiro atoms. The van der Waals surface area contributed by atoms with Gasteiger partial charge in [0.1, 0.15) is 0 Å². The summed E-state index contributed by atoms with van der Waals surface area (Å²) in [5.41, 5.74) is 1.67. The molecule has 296 valence electrons. The molecule has 0 saturated carbocycles. The minimum absolute atomic E-state index is 0.0545. The average molecular weight is 725 g/mol. The fourth-order valence-corrected chi connectivity index (χ4v) is 2.57. The van der Waals surface area contributed by atoms with Gasteiger partial charge >= 0.3 is 0 Å². The highest BCUT2D eigenvalue weighted by molar-refractivity contribution is 5.92. The SMILES string of the molecule is C=C(C)C(=O)NCCCNC.C=C(C)C(=O)NCCNC.C=C(C)C(=O)NCCNCC.C=CC(=O)NCCNC.C=CC(=O)NCCNCC. The van der Waals surface area contributed by atoms with Crippen molar-refractivity contribution in [2.24, 2.45) is 0 Å². The summed E-state index contributed by atoms with van der Waals surface area (Å²) < 4.78 is 0. The van der Waals surface area contributed by atoms with Crippen molar-refractivity contribution in [3.8, 4) is 0 Å². The summed E-state index contributed by atoms with van der Waals surface area (Å²) >= 11 is 0. The van der Waals surface area contributed by atoms with Gasteiger partial charge in [-0.05, 0) is 80.1 Å². The molecule has 51 heavy (non-hydrogen) atoms. The second-order valence-electron chi connectivity index (χ2n) is 10.5. The van der Waals surface area contributed by atoms with Crippen molar-refractivity contribution in [3.05, 3.63) is 61.8 Å². The largest absolute Gasteiger partial charge is 0.352 e. The first-order valence-corrected chi connectivity index (χ1v) is 17.1. The number of nitrogens with one attached hydrogen (secondary N) is 10. The molecule has 0 aliphatic carbocycles. The molecule has 0 aromatic carbocycles. The van der Waals surface area contributed by atoms with Gasteiger partial charge in [0, 0.05) is 75.6 Å². The summed E-state index contributed by atoms with van der Waals surface area (Å²) in [5, 5.41) is 28.4. The number of amides is 5. The van der Waals surface area contributed by atoms with Crippen LogP contribution < -0.4 is 53.2 Å². The molecule has 5 amide bonds. The van der Waals surface area contributed by atoms with E-state index in [1.54, 1.807) is 20.8 Å². The topological polar surface area (TPSA) is 206 Å². The van der Waals surface area contributed by atoms with Crippen LogP contribution in [0.25, 0.3) is 0 Å². The minimum atomic E-state index is -0.120. The zero-order valence-corrected chi connectivity index (χ0v) is 32.9. The van der Waals surface area contributed by atoms with Gasteiger partial charge in [-0.3, -0.25) is 24.0 Å². The van der Waals surface area contributed by atoms with E-state index in [9.17, 15) is 24.0 Å². The summed E-state index contributed by atoms with van der Waals surface area (Å²) in [6.07, 6.45) is 3.48. The quantitative estimate of drug-likeness (QED) is 0.0500. The van der Waals surface area contributed by atoms with Crippen LogP contribution in [0, 0.1) is 0 Å². The van der Waals surface area contributed by atoms with Gasteiger partial charge in [0.2, 0.25) is 29.5 Å². The smallest absolute Gasteiger partial charge is 0.246 e. The van der Waals surface area contributed by atoms with Gasteiger partial charge in [-0.1, -0.05) is 46.7 Å². The summed E-state index contributed by atoms with van der Waals surface area (Å²) in [4.78, 5) is 53.5. The zero-order valence-electron chi connectivity index (χ0n) is 32.9. The molecular weight excluding hydrogens is 652 g/mol. The molecule has 0 saturated heterocycles. The molecule has 0 atom stereocenters. The van der Waals surface area contributed by atoms with Gasteiger partial charge in [-0.25, -0.2) is 0 Å². The monoisotopic (exact) mass is 725 g/mol. The van der Waals surface area contributed by atoms with E-state index in [2.05, 4.69) is 86.1 Å². The first kappa shape index (κ1) is 56.2. The van der Waals surface area contributed by atoms with Crippen LogP contribution in [0.5, 0.6) is 0 Å². The van der Waals surface area contributed by atoms with Crippen molar-refractivity contribution in [1.29, 1.82) is 0 Å². The van der Waals surface area contributed by atoms with Gasteiger partial charge < -0.3 is 53.2 Å². The Balaban J connectivity index is -0.000000173. The summed E-state index contributed by atoms with van der Waals surface area (Å²) in [6, 6.07) is 0. The highest BCUT2D eigenvalue weighted by atomic mass is 16.2. The zero-order chi connectivity index (χ0) is 40.3. The highest BCUT2D eigenvalue weighted by Gasteiger charge is 1.99. The predicted octanol–water partition coefficient (Wildman–Crippen LogP) is -0.119. The fraction of sp³-hybridized carbons (Fsp3) is 0.583. The van der Waals surface area contributed by atoms with Crippen LogP contribution in [0.2, 0.25) is 0 Å². The van der Waals surface area contributed by atoms with Crippen LogP contribution in [-0.4, -0.2) is 129 Å². The molecule has 0 aliphatic heterocycles. The highest BCUT2D eigenvalue weighted by Crippen LogP contribution is 1.85. The van der Waals surface area contributed by atoms with Crippen molar-refractivity contribution < 1.29 is 24.0 Å². The molecule has 15 heteroatoms. The van der Waals surface area contributed by atoms with Gasteiger partial charge in [-0.2, -0.15) is 0 Å². The lowest BCUT2D eigenvalue weighted by molar-refractivity contribution is -0.118. The van der Waals surface area contributed by atoms with Crippen LogP contribution in [0.4, 0.5) is 0 Å². The van der Waals surface area contributed by atoms with Crippen LogP contribution in [0.15, 0.2) is 61.8 Å². The second-order valence-corrected chi connectivity index (χ2v) is 10.5. The molecule has 0 heterocycles. The van der Waals surface area contributed by atoms with Gasteiger partial charge in [0.05, 0.1) is 0 Å². The maximum atomic E-state index is 10.9. The second kappa shape index (κ2) is 45.9. The van der Waals surface area contributed by atoms with Crippen molar-refractivity contribution in [2.75, 3.05) is 99.7 Å². The Morgan fingerprint density at radius 3 is 1.04 bits per heavy atom. The normalized spacial score (nSPS) is 9.02. The Morgan fingerprint density at radius 2 is 0.745 bits per heavy atom. The summed E-state index contributed by atoms with van der Waals surface area (Å²) in [6.45, 7) is 35.7. The molecule has 0 radical (unpaired) electrons. The number of carbonyl (C=O) groups excluding carboxylic acids is 5. The molecule has 0 bridgehead atoms. The third-order valence-electron chi connectivity index (χ3n) is 5.45. The molecule has 0 aliphatic rings. The summed E-state index contributed by atoms with van der Waals surface area (Å²) in [7, 11) is 5.56.